The maximum Gasteiger partial charge on any atom is 0.211 e. The van der Waals surface area contributed by atoms with Gasteiger partial charge < -0.3 is 5.21 Å². The van der Waals surface area contributed by atoms with E-state index < -0.39 is 0 Å². The van der Waals surface area contributed by atoms with E-state index in [0.29, 0.717) is 12.0 Å². The lowest BCUT2D eigenvalue weighted by atomic mass is 10.1. The molecule has 14 heavy (non-hydrogen) atoms. The minimum atomic E-state index is -0.159. The van der Waals surface area contributed by atoms with Crippen molar-refractivity contribution >= 4 is 23.3 Å². The number of hydrogen-bond donors (Lipinski definition) is 1. The average Bonchev–Trinajstić information content (AvgIpc) is 2.39. The fourth-order valence-electron chi connectivity index (χ4n) is 1.40. The number of Topliss-reactive ketones (excluding diaryl/α,β-unsaturated/α-hetero) is 1. The second-order valence-corrected chi connectivity index (χ2v) is 4.11. The van der Waals surface area contributed by atoms with Crippen molar-refractivity contribution in [2.45, 2.75) is 11.3 Å². The minimum Gasteiger partial charge on any atom is -0.411 e. The van der Waals surface area contributed by atoms with Crippen LogP contribution in [0.25, 0.3) is 0 Å². The average molecular weight is 207 g/mol. The molecule has 2 rings (SSSR count). The van der Waals surface area contributed by atoms with Gasteiger partial charge in [0.2, 0.25) is 5.78 Å². The standard InChI is InChI=1S/C10H9NO2S/c12-10-7-3-1-2-4-9(7)14-6-5-8(10)11-13/h1-4,13H,5-6H2/b11-8+. The molecule has 0 unspecified atom stereocenters. The van der Waals surface area contributed by atoms with Gasteiger partial charge in [-0.25, -0.2) is 0 Å². The zero-order valence-electron chi connectivity index (χ0n) is 7.43. The minimum absolute atomic E-state index is 0.159. The Morgan fingerprint density at radius 3 is 2.93 bits per heavy atom. The molecule has 72 valence electrons. The highest BCUT2D eigenvalue weighted by Gasteiger charge is 2.21. The van der Waals surface area contributed by atoms with Gasteiger partial charge in [-0.05, 0) is 12.1 Å². The molecule has 1 heterocycles. The van der Waals surface area contributed by atoms with E-state index in [1.165, 1.54) is 0 Å². The molecule has 3 nitrogen and oxygen atoms in total. The van der Waals surface area contributed by atoms with Crippen molar-refractivity contribution in [2.24, 2.45) is 5.16 Å². The van der Waals surface area contributed by atoms with Gasteiger partial charge in [0.05, 0.1) is 0 Å². The third-order valence-corrected chi connectivity index (χ3v) is 3.19. The summed E-state index contributed by atoms with van der Waals surface area (Å²) in [5.41, 5.74) is 0.894. The molecule has 0 fully saturated rings. The van der Waals surface area contributed by atoms with Crippen molar-refractivity contribution in [3.63, 3.8) is 0 Å². The zero-order valence-corrected chi connectivity index (χ0v) is 8.25. The Bertz CT molecular complexity index is 401. The largest absolute Gasteiger partial charge is 0.411 e. The van der Waals surface area contributed by atoms with Gasteiger partial charge in [0.15, 0.2) is 0 Å². The summed E-state index contributed by atoms with van der Waals surface area (Å²) < 4.78 is 0. The predicted molar refractivity (Wildman–Crippen MR) is 55.3 cm³/mol. The third-order valence-electron chi connectivity index (χ3n) is 2.11. The smallest absolute Gasteiger partial charge is 0.211 e. The lowest BCUT2D eigenvalue weighted by Gasteiger charge is -2.01. The van der Waals surface area contributed by atoms with Crippen LogP contribution in [-0.4, -0.2) is 22.5 Å². The van der Waals surface area contributed by atoms with Crippen LogP contribution in [0.3, 0.4) is 0 Å². The van der Waals surface area contributed by atoms with Crippen LogP contribution in [0.4, 0.5) is 0 Å². The maximum absolute atomic E-state index is 11.8. The molecule has 1 aliphatic heterocycles. The van der Waals surface area contributed by atoms with E-state index in [-0.39, 0.29) is 11.5 Å². The predicted octanol–water partition coefficient (Wildman–Crippen LogP) is 2.20. The molecule has 0 spiro atoms. The second kappa shape index (κ2) is 3.84. The van der Waals surface area contributed by atoms with Gasteiger partial charge in [-0.2, -0.15) is 0 Å². The van der Waals surface area contributed by atoms with E-state index in [9.17, 15) is 4.79 Å². The number of fused-ring (bicyclic) bond motifs is 1. The van der Waals surface area contributed by atoms with Crippen molar-refractivity contribution in [2.75, 3.05) is 5.75 Å². The molecule has 0 radical (unpaired) electrons. The van der Waals surface area contributed by atoms with Gasteiger partial charge in [0.1, 0.15) is 5.71 Å². The molecule has 1 N–H and O–H groups in total. The highest BCUT2D eigenvalue weighted by Crippen LogP contribution is 2.27. The quantitative estimate of drug-likeness (QED) is 0.524. The lowest BCUT2D eigenvalue weighted by molar-refractivity contribution is 0.105. The number of carbonyl (C=O) groups excluding carboxylic acids is 1. The molecule has 4 heteroatoms. The van der Waals surface area contributed by atoms with E-state index >= 15 is 0 Å². The van der Waals surface area contributed by atoms with Crippen LogP contribution >= 0.6 is 11.8 Å². The molecule has 0 atom stereocenters. The molecule has 0 amide bonds. The summed E-state index contributed by atoms with van der Waals surface area (Å²) in [7, 11) is 0. The molecule has 0 saturated heterocycles. The van der Waals surface area contributed by atoms with Crippen LogP contribution in [-0.2, 0) is 0 Å². The first-order valence-corrected chi connectivity index (χ1v) is 5.29. The normalized spacial score (nSPS) is 19.1. The van der Waals surface area contributed by atoms with E-state index in [1.807, 2.05) is 18.2 Å². The third kappa shape index (κ3) is 1.53. The molecule has 1 aromatic rings. The highest BCUT2D eigenvalue weighted by molar-refractivity contribution is 7.99. The van der Waals surface area contributed by atoms with Crippen LogP contribution in [0.2, 0.25) is 0 Å². The van der Waals surface area contributed by atoms with Gasteiger partial charge in [0, 0.05) is 22.6 Å². The van der Waals surface area contributed by atoms with Crippen LogP contribution in [0.15, 0.2) is 34.3 Å². The van der Waals surface area contributed by atoms with Crippen molar-refractivity contribution in [1.29, 1.82) is 0 Å². The molecular weight excluding hydrogens is 198 g/mol. The Labute approximate surface area is 85.8 Å². The number of benzene rings is 1. The number of thioether (sulfide) groups is 1. The summed E-state index contributed by atoms with van der Waals surface area (Å²) in [5, 5.41) is 11.7. The monoisotopic (exact) mass is 207 g/mol. The van der Waals surface area contributed by atoms with Crippen LogP contribution in [0.5, 0.6) is 0 Å². The number of carbonyl (C=O) groups is 1. The van der Waals surface area contributed by atoms with E-state index in [4.69, 9.17) is 5.21 Å². The lowest BCUT2D eigenvalue weighted by Crippen LogP contribution is -2.13. The summed E-state index contributed by atoms with van der Waals surface area (Å²) in [6.45, 7) is 0. The molecule has 0 saturated carbocycles. The molecule has 0 bridgehead atoms. The summed E-state index contributed by atoms with van der Waals surface area (Å²) in [6, 6.07) is 7.40. The molecule has 0 aliphatic carbocycles. The Balaban J connectivity index is 2.50. The summed E-state index contributed by atoms with van der Waals surface area (Å²) in [6.07, 6.45) is 0.523. The number of ketones is 1. The van der Waals surface area contributed by atoms with Crippen molar-refractivity contribution in [3.8, 4) is 0 Å². The Hall–Kier alpha value is -1.29. The molecular formula is C10H9NO2S. The first kappa shape index (κ1) is 9.27. The SMILES string of the molecule is O=C1/C(=N/O)CCSc2ccccc21. The Morgan fingerprint density at radius 2 is 2.14 bits per heavy atom. The van der Waals surface area contributed by atoms with E-state index in [1.54, 1.807) is 17.8 Å². The Kier molecular flexibility index (Phi) is 2.54. The van der Waals surface area contributed by atoms with Crippen molar-refractivity contribution in [1.82, 2.24) is 0 Å². The van der Waals surface area contributed by atoms with Gasteiger partial charge in [0.25, 0.3) is 0 Å². The highest BCUT2D eigenvalue weighted by atomic mass is 32.2. The van der Waals surface area contributed by atoms with Crippen molar-refractivity contribution < 1.29 is 10.0 Å². The summed E-state index contributed by atoms with van der Waals surface area (Å²) in [5.74, 6) is 0.621. The first-order valence-electron chi connectivity index (χ1n) is 4.30. The number of nitrogens with zero attached hydrogens (tertiary/aromatic N) is 1. The van der Waals surface area contributed by atoms with Crippen LogP contribution < -0.4 is 0 Å². The van der Waals surface area contributed by atoms with Crippen LogP contribution in [0, 0.1) is 0 Å². The molecule has 1 aromatic carbocycles. The van der Waals surface area contributed by atoms with Crippen molar-refractivity contribution in [3.05, 3.63) is 29.8 Å². The fraction of sp³-hybridized carbons (Fsp3) is 0.200. The number of hydrogen-bond acceptors (Lipinski definition) is 4. The maximum atomic E-state index is 11.8. The Morgan fingerprint density at radius 1 is 1.36 bits per heavy atom. The zero-order chi connectivity index (χ0) is 9.97. The fourth-order valence-corrected chi connectivity index (χ4v) is 2.41. The number of rotatable bonds is 0. The van der Waals surface area contributed by atoms with E-state index in [0.717, 1.165) is 10.6 Å². The second-order valence-electron chi connectivity index (χ2n) is 2.97. The van der Waals surface area contributed by atoms with Gasteiger partial charge >= 0.3 is 0 Å². The van der Waals surface area contributed by atoms with Gasteiger partial charge in [-0.3, -0.25) is 4.79 Å². The van der Waals surface area contributed by atoms with Crippen LogP contribution in [0.1, 0.15) is 16.8 Å². The number of oxime groups is 1. The summed E-state index contributed by atoms with van der Waals surface area (Å²) >= 11 is 1.62. The van der Waals surface area contributed by atoms with E-state index in [2.05, 4.69) is 5.16 Å². The topological polar surface area (TPSA) is 49.7 Å². The van der Waals surface area contributed by atoms with Gasteiger partial charge in [-0.15, -0.1) is 11.8 Å². The summed E-state index contributed by atoms with van der Waals surface area (Å²) in [4.78, 5) is 12.7. The first-order chi connectivity index (χ1) is 6.83. The molecule has 1 aliphatic rings. The molecule has 0 aromatic heterocycles. The van der Waals surface area contributed by atoms with Gasteiger partial charge in [-0.1, -0.05) is 17.3 Å².